The molecule has 0 aromatic rings. The summed E-state index contributed by atoms with van der Waals surface area (Å²) in [6, 6.07) is -3.66. The number of carboxylic acid groups (broad SMARTS) is 1. The van der Waals surface area contributed by atoms with E-state index in [0.717, 1.165) is 0 Å². The number of hydrogen-bond donors (Lipinski definition) is 6. The van der Waals surface area contributed by atoms with Gasteiger partial charge in [0.25, 0.3) is 0 Å². The Labute approximate surface area is 126 Å². The van der Waals surface area contributed by atoms with Crippen LogP contribution >= 0.6 is 11.8 Å². The first-order valence-corrected chi connectivity index (χ1v) is 7.56. The van der Waals surface area contributed by atoms with Gasteiger partial charge in [-0.15, -0.1) is 0 Å². The molecule has 0 saturated heterocycles. The second-order valence-electron chi connectivity index (χ2n) is 4.21. The summed E-state index contributed by atoms with van der Waals surface area (Å²) in [5.74, 6) is -2.32. The Kier molecular flexibility index (Phi) is 9.71. The SMILES string of the molecule is CSCC[C@H](NC(=O)[C@H](CO)NC(=O)[C@@H](N)CO)C(=O)O. The summed E-state index contributed by atoms with van der Waals surface area (Å²) < 4.78 is 0. The molecule has 0 saturated carbocycles. The highest BCUT2D eigenvalue weighted by molar-refractivity contribution is 7.98. The van der Waals surface area contributed by atoms with Gasteiger partial charge in [0.2, 0.25) is 11.8 Å². The fourth-order valence-electron chi connectivity index (χ4n) is 1.32. The first kappa shape index (κ1) is 19.6. The molecule has 0 heterocycles. The van der Waals surface area contributed by atoms with E-state index >= 15 is 0 Å². The fourth-order valence-corrected chi connectivity index (χ4v) is 1.79. The third kappa shape index (κ3) is 7.27. The average molecular weight is 323 g/mol. The molecule has 0 rings (SSSR count). The quantitative estimate of drug-likeness (QED) is 0.249. The van der Waals surface area contributed by atoms with Gasteiger partial charge >= 0.3 is 5.97 Å². The normalized spacial score (nSPS) is 14.9. The van der Waals surface area contributed by atoms with Crippen LogP contribution in [-0.2, 0) is 14.4 Å². The third-order valence-corrected chi connectivity index (χ3v) is 3.22. The van der Waals surface area contributed by atoms with Crippen LogP contribution in [-0.4, -0.2) is 76.5 Å². The van der Waals surface area contributed by atoms with Gasteiger partial charge in [-0.05, 0) is 18.4 Å². The van der Waals surface area contributed by atoms with Crippen LogP contribution < -0.4 is 16.4 Å². The van der Waals surface area contributed by atoms with Gasteiger partial charge in [0.1, 0.15) is 18.1 Å². The number of carbonyl (C=O) groups is 3. The molecular weight excluding hydrogens is 302 g/mol. The van der Waals surface area contributed by atoms with Crippen LogP contribution in [0, 0.1) is 0 Å². The lowest BCUT2D eigenvalue weighted by molar-refractivity contribution is -0.142. The molecule has 2 amide bonds. The standard InChI is InChI=1S/C11H21N3O6S/c1-21-3-2-7(11(19)20)13-10(18)8(5-16)14-9(17)6(12)4-15/h6-8,15-16H,2-5,12H2,1H3,(H,13,18)(H,14,17)(H,19,20)/t6-,7-,8-/m0/s1. The van der Waals surface area contributed by atoms with Crippen molar-refractivity contribution < 1.29 is 29.7 Å². The molecule has 0 fully saturated rings. The van der Waals surface area contributed by atoms with E-state index < -0.39 is 49.1 Å². The Morgan fingerprint density at radius 2 is 1.67 bits per heavy atom. The number of nitrogens with two attached hydrogens (primary N) is 1. The third-order valence-electron chi connectivity index (χ3n) is 2.57. The highest BCUT2D eigenvalue weighted by Crippen LogP contribution is 2.01. The Hall–Kier alpha value is -1.36. The first-order chi connectivity index (χ1) is 9.87. The molecule has 21 heavy (non-hydrogen) atoms. The number of carbonyl (C=O) groups excluding carboxylic acids is 2. The second-order valence-corrected chi connectivity index (χ2v) is 5.20. The Balaban J connectivity index is 4.62. The highest BCUT2D eigenvalue weighted by Gasteiger charge is 2.27. The maximum atomic E-state index is 11.8. The molecule has 0 aromatic carbocycles. The maximum Gasteiger partial charge on any atom is 0.326 e. The summed E-state index contributed by atoms with van der Waals surface area (Å²) in [5, 5.41) is 31.2. The minimum Gasteiger partial charge on any atom is -0.480 e. The lowest BCUT2D eigenvalue weighted by Gasteiger charge is -2.20. The summed E-state index contributed by atoms with van der Waals surface area (Å²) in [5.41, 5.74) is 5.26. The van der Waals surface area contributed by atoms with E-state index in [-0.39, 0.29) is 6.42 Å². The van der Waals surface area contributed by atoms with E-state index in [0.29, 0.717) is 5.75 Å². The number of thioether (sulfide) groups is 1. The number of aliphatic hydroxyl groups is 2. The van der Waals surface area contributed by atoms with Gasteiger partial charge in [-0.1, -0.05) is 0 Å². The van der Waals surface area contributed by atoms with Crippen molar-refractivity contribution >= 4 is 29.5 Å². The van der Waals surface area contributed by atoms with Gasteiger partial charge in [-0.2, -0.15) is 11.8 Å². The van der Waals surface area contributed by atoms with Gasteiger partial charge in [-0.3, -0.25) is 9.59 Å². The number of nitrogens with one attached hydrogen (secondary N) is 2. The Bertz CT molecular complexity index is 368. The summed E-state index contributed by atoms with van der Waals surface area (Å²) in [6.45, 7) is -1.33. The van der Waals surface area contributed by atoms with Crippen molar-refractivity contribution in [1.29, 1.82) is 0 Å². The zero-order valence-corrected chi connectivity index (χ0v) is 12.4. The fraction of sp³-hybridized carbons (Fsp3) is 0.727. The number of hydrogen-bond acceptors (Lipinski definition) is 7. The van der Waals surface area contributed by atoms with E-state index in [1.807, 2.05) is 0 Å². The Morgan fingerprint density at radius 1 is 1.10 bits per heavy atom. The largest absolute Gasteiger partial charge is 0.480 e. The second kappa shape index (κ2) is 10.4. The molecule has 0 bridgehead atoms. The molecule has 10 heteroatoms. The first-order valence-electron chi connectivity index (χ1n) is 6.17. The van der Waals surface area contributed by atoms with Crippen LogP contribution in [0.5, 0.6) is 0 Å². The van der Waals surface area contributed by atoms with Crippen LogP contribution in [0.3, 0.4) is 0 Å². The van der Waals surface area contributed by atoms with Crippen LogP contribution in [0.1, 0.15) is 6.42 Å². The van der Waals surface area contributed by atoms with Crippen molar-refractivity contribution in [3.8, 4) is 0 Å². The zero-order chi connectivity index (χ0) is 16.4. The number of amides is 2. The molecule has 9 nitrogen and oxygen atoms in total. The molecule has 0 aliphatic rings. The molecule has 0 aliphatic carbocycles. The van der Waals surface area contributed by atoms with Crippen LogP contribution in [0.25, 0.3) is 0 Å². The Morgan fingerprint density at radius 3 is 2.10 bits per heavy atom. The molecule has 122 valence electrons. The van der Waals surface area contributed by atoms with Crippen molar-refractivity contribution in [2.24, 2.45) is 5.73 Å². The van der Waals surface area contributed by atoms with Gasteiger partial charge in [0.05, 0.1) is 13.2 Å². The van der Waals surface area contributed by atoms with Crippen molar-refractivity contribution in [1.82, 2.24) is 10.6 Å². The van der Waals surface area contributed by atoms with Crippen LogP contribution in [0.2, 0.25) is 0 Å². The van der Waals surface area contributed by atoms with E-state index in [9.17, 15) is 14.4 Å². The van der Waals surface area contributed by atoms with Gasteiger partial charge in [-0.25, -0.2) is 4.79 Å². The van der Waals surface area contributed by atoms with E-state index in [4.69, 9.17) is 21.1 Å². The predicted octanol–water partition coefficient (Wildman–Crippen LogP) is -2.89. The summed E-state index contributed by atoms with van der Waals surface area (Å²) >= 11 is 1.43. The molecule has 0 aliphatic heterocycles. The van der Waals surface area contributed by atoms with Gasteiger partial charge in [0.15, 0.2) is 0 Å². The number of carboxylic acids is 1. The molecule has 0 spiro atoms. The maximum absolute atomic E-state index is 11.8. The lowest BCUT2D eigenvalue weighted by atomic mass is 10.2. The smallest absolute Gasteiger partial charge is 0.326 e. The van der Waals surface area contributed by atoms with E-state index in [2.05, 4.69) is 10.6 Å². The minimum atomic E-state index is -1.33. The van der Waals surface area contributed by atoms with Crippen LogP contribution in [0.15, 0.2) is 0 Å². The molecule has 0 unspecified atom stereocenters. The molecule has 0 radical (unpaired) electrons. The van der Waals surface area contributed by atoms with Crippen LogP contribution in [0.4, 0.5) is 0 Å². The van der Waals surface area contributed by atoms with Crippen molar-refractivity contribution in [2.45, 2.75) is 24.5 Å². The molecular formula is C11H21N3O6S. The van der Waals surface area contributed by atoms with E-state index in [1.165, 1.54) is 11.8 Å². The predicted molar refractivity (Wildman–Crippen MR) is 76.6 cm³/mol. The van der Waals surface area contributed by atoms with Crippen molar-refractivity contribution in [2.75, 3.05) is 25.2 Å². The van der Waals surface area contributed by atoms with Crippen molar-refractivity contribution in [3.63, 3.8) is 0 Å². The topological polar surface area (TPSA) is 162 Å². The zero-order valence-electron chi connectivity index (χ0n) is 11.6. The summed E-state index contributed by atoms with van der Waals surface area (Å²) in [6.07, 6.45) is 2.01. The van der Waals surface area contributed by atoms with Crippen molar-refractivity contribution in [3.05, 3.63) is 0 Å². The summed E-state index contributed by atoms with van der Waals surface area (Å²) in [7, 11) is 0. The molecule has 3 atom stereocenters. The van der Waals surface area contributed by atoms with E-state index in [1.54, 1.807) is 6.26 Å². The number of aliphatic hydroxyl groups excluding tert-OH is 2. The molecule has 7 N–H and O–H groups in total. The monoisotopic (exact) mass is 323 g/mol. The number of rotatable bonds is 10. The molecule has 0 aromatic heterocycles. The van der Waals surface area contributed by atoms with Gasteiger partial charge in [0, 0.05) is 0 Å². The summed E-state index contributed by atoms with van der Waals surface area (Å²) in [4.78, 5) is 34.3. The number of aliphatic carboxylic acids is 1. The van der Waals surface area contributed by atoms with Gasteiger partial charge < -0.3 is 31.7 Å². The average Bonchev–Trinajstić information content (AvgIpc) is 2.46. The lowest BCUT2D eigenvalue weighted by Crippen LogP contribution is -2.56. The minimum absolute atomic E-state index is 0.213. The highest BCUT2D eigenvalue weighted by atomic mass is 32.2.